The number of carbonyl (C=O) groups is 1. The molecule has 1 rings (SSSR count). The third kappa shape index (κ3) is 3.69. The maximum Gasteiger partial charge on any atom is 0.455 e. The molecule has 0 aromatic heterocycles. The predicted octanol–water partition coefficient (Wildman–Crippen LogP) is 3.59. The van der Waals surface area contributed by atoms with Crippen molar-refractivity contribution < 1.29 is 26.7 Å². The Labute approximate surface area is 103 Å². The first-order valence-electron chi connectivity index (χ1n) is 4.40. The van der Waals surface area contributed by atoms with Gasteiger partial charge < -0.3 is 5.32 Å². The Balaban J connectivity index is 2.80. The molecule has 0 heterocycles. The molecule has 0 aliphatic carbocycles. The number of hydrogen-bond donors (Lipinski definition) is 1. The number of hydrogen-bond acceptors (Lipinski definition) is 2. The van der Waals surface area contributed by atoms with Crippen LogP contribution in [-0.4, -0.2) is 12.0 Å². The minimum Gasteiger partial charge on any atom is -0.360 e. The Hall–Kier alpha value is -1.63. The molecule has 0 spiro atoms. The van der Waals surface area contributed by atoms with Crippen LogP contribution in [0, 0.1) is 11.6 Å². The first kappa shape index (κ1) is 14.4. The number of nitrogens with one attached hydrogen (secondary N) is 1. The van der Waals surface area contributed by atoms with Crippen molar-refractivity contribution in [1.82, 2.24) is 0 Å². The van der Waals surface area contributed by atoms with Gasteiger partial charge in [-0.3, -0.25) is 4.79 Å². The molecule has 0 radical (unpaired) electrons. The van der Waals surface area contributed by atoms with Crippen LogP contribution in [0.4, 0.5) is 27.6 Å². The summed E-state index contributed by atoms with van der Waals surface area (Å²) in [6.45, 7) is 0. The molecule has 0 atom stereocenters. The summed E-state index contributed by atoms with van der Waals surface area (Å²) in [5, 5.41) is 1.03. The molecule has 0 fully saturated rings. The maximum atomic E-state index is 12.7. The van der Waals surface area contributed by atoms with Crippen LogP contribution in [0.2, 0.25) is 0 Å². The minimum atomic E-state index is -5.09. The van der Waals surface area contributed by atoms with Crippen LogP contribution in [-0.2, 0) is 4.79 Å². The lowest BCUT2D eigenvalue weighted by molar-refractivity contribution is -0.165. The lowest BCUT2D eigenvalue weighted by Crippen LogP contribution is -2.23. The molecule has 8 heteroatoms. The van der Waals surface area contributed by atoms with E-state index in [1.807, 2.05) is 0 Å². The first-order valence-corrected chi connectivity index (χ1v) is 4.78. The second-order valence-corrected chi connectivity index (χ2v) is 3.50. The van der Waals surface area contributed by atoms with Crippen LogP contribution in [0.5, 0.6) is 0 Å². The summed E-state index contributed by atoms with van der Waals surface area (Å²) in [7, 11) is 0. The van der Waals surface area contributed by atoms with Crippen LogP contribution < -0.4 is 5.32 Å². The molecule has 0 saturated heterocycles. The summed E-state index contributed by atoms with van der Waals surface area (Å²) < 4.78 is 61.1. The van der Waals surface area contributed by atoms with Crippen molar-refractivity contribution in [2.75, 3.05) is 5.32 Å². The van der Waals surface area contributed by atoms with Gasteiger partial charge in [-0.2, -0.15) is 13.2 Å². The van der Waals surface area contributed by atoms with E-state index < -0.39 is 28.6 Å². The van der Waals surface area contributed by atoms with Crippen molar-refractivity contribution in [2.45, 2.75) is 6.18 Å². The van der Waals surface area contributed by atoms with Gasteiger partial charge in [-0.15, -0.1) is 0 Å². The van der Waals surface area contributed by atoms with Crippen LogP contribution >= 0.6 is 11.6 Å². The number of benzene rings is 1. The standard InChI is InChI=1S/C10H5ClF5NO/c11-6(9(18)10(14,15)16)4-17-5-1-2-7(12)8(13)3-5/h1-4,17H. The van der Waals surface area contributed by atoms with E-state index in [1.165, 1.54) is 0 Å². The third-order valence-electron chi connectivity index (χ3n) is 1.76. The summed E-state index contributed by atoms with van der Waals surface area (Å²) >= 11 is 5.10. The fraction of sp³-hybridized carbons (Fsp3) is 0.100. The molecule has 2 nitrogen and oxygen atoms in total. The highest BCUT2D eigenvalue weighted by Crippen LogP contribution is 2.23. The number of Topliss-reactive ketones (excluding diaryl/α,β-unsaturated/α-hetero) is 1. The number of halogens is 6. The maximum absolute atomic E-state index is 12.7. The molecule has 18 heavy (non-hydrogen) atoms. The zero-order valence-electron chi connectivity index (χ0n) is 8.49. The Kier molecular flexibility index (Phi) is 4.28. The van der Waals surface area contributed by atoms with Gasteiger partial charge in [0.15, 0.2) is 11.6 Å². The van der Waals surface area contributed by atoms with E-state index in [0.717, 1.165) is 12.1 Å². The van der Waals surface area contributed by atoms with Gasteiger partial charge >= 0.3 is 6.18 Å². The zero-order chi connectivity index (χ0) is 13.9. The highest BCUT2D eigenvalue weighted by molar-refractivity contribution is 6.43. The average molecular weight is 286 g/mol. The molecule has 98 valence electrons. The van der Waals surface area contributed by atoms with E-state index in [2.05, 4.69) is 5.32 Å². The predicted molar refractivity (Wildman–Crippen MR) is 55.0 cm³/mol. The molecular weight excluding hydrogens is 281 g/mol. The number of rotatable bonds is 3. The molecular formula is C10H5ClF5NO. The van der Waals surface area contributed by atoms with Crippen LogP contribution in [0.1, 0.15) is 0 Å². The monoisotopic (exact) mass is 285 g/mol. The Morgan fingerprint density at radius 1 is 1.22 bits per heavy atom. The topological polar surface area (TPSA) is 29.1 Å². The van der Waals surface area contributed by atoms with Gasteiger partial charge in [0.25, 0.3) is 5.78 Å². The summed E-state index contributed by atoms with van der Waals surface area (Å²) in [4.78, 5) is 10.6. The van der Waals surface area contributed by atoms with E-state index in [1.54, 1.807) is 0 Å². The van der Waals surface area contributed by atoms with Gasteiger partial charge in [-0.05, 0) is 12.1 Å². The first-order chi connectivity index (χ1) is 8.21. The number of alkyl halides is 3. The average Bonchev–Trinajstić information content (AvgIpc) is 2.28. The molecule has 0 amide bonds. The SMILES string of the molecule is O=C(C(Cl)=CNc1ccc(F)c(F)c1)C(F)(F)F. The van der Waals surface area contributed by atoms with E-state index in [9.17, 15) is 26.7 Å². The normalized spacial score (nSPS) is 12.4. The Bertz CT molecular complexity index is 498. The number of carbonyl (C=O) groups excluding carboxylic acids is 1. The summed E-state index contributed by atoms with van der Waals surface area (Å²) in [6.07, 6.45) is -4.55. The van der Waals surface area contributed by atoms with E-state index >= 15 is 0 Å². The van der Waals surface area contributed by atoms with Gasteiger partial charge in [-0.1, -0.05) is 11.6 Å². The van der Waals surface area contributed by atoms with E-state index in [4.69, 9.17) is 11.6 Å². The third-order valence-corrected chi connectivity index (χ3v) is 2.04. The largest absolute Gasteiger partial charge is 0.455 e. The quantitative estimate of drug-likeness (QED) is 0.679. The minimum absolute atomic E-state index is 0.0537. The van der Waals surface area contributed by atoms with Gasteiger partial charge in [0.05, 0.1) is 0 Å². The second-order valence-electron chi connectivity index (χ2n) is 3.09. The summed E-state index contributed by atoms with van der Waals surface area (Å²) in [6, 6.07) is 2.54. The molecule has 0 aliphatic heterocycles. The van der Waals surface area contributed by atoms with Crippen LogP contribution in [0.3, 0.4) is 0 Å². The van der Waals surface area contributed by atoms with Crippen molar-refractivity contribution in [3.05, 3.63) is 41.1 Å². The highest BCUT2D eigenvalue weighted by Gasteiger charge is 2.40. The smallest absolute Gasteiger partial charge is 0.360 e. The molecule has 0 aliphatic rings. The molecule has 1 aromatic carbocycles. The summed E-state index contributed by atoms with van der Waals surface area (Å²) in [5.74, 6) is -4.53. The summed E-state index contributed by atoms with van der Waals surface area (Å²) in [5.41, 5.74) is -0.0537. The van der Waals surface area contributed by atoms with Gasteiger partial charge in [-0.25, -0.2) is 8.78 Å². The lowest BCUT2D eigenvalue weighted by Gasteiger charge is -2.05. The fourth-order valence-corrected chi connectivity index (χ4v) is 1.10. The Morgan fingerprint density at radius 2 is 1.83 bits per heavy atom. The van der Waals surface area contributed by atoms with Gasteiger partial charge in [0.1, 0.15) is 5.03 Å². The molecule has 0 saturated carbocycles. The van der Waals surface area contributed by atoms with Crippen LogP contribution in [0.15, 0.2) is 29.4 Å². The molecule has 0 bridgehead atoms. The molecule has 0 unspecified atom stereocenters. The molecule has 1 aromatic rings. The van der Waals surface area contributed by atoms with Crippen molar-refractivity contribution in [1.29, 1.82) is 0 Å². The Morgan fingerprint density at radius 3 is 2.33 bits per heavy atom. The van der Waals surface area contributed by atoms with Crippen LogP contribution in [0.25, 0.3) is 0 Å². The van der Waals surface area contributed by atoms with Gasteiger partial charge in [0, 0.05) is 18.0 Å². The lowest BCUT2D eigenvalue weighted by atomic mass is 10.3. The highest BCUT2D eigenvalue weighted by atomic mass is 35.5. The van der Waals surface area contributed by atoms with Crippen molar-refractivity contribution >= 4 is 23.1 Å². The fourth-order valence-electron chi connectivity index (χ4n) is 0.934. The van der Waals surface area contributed by atoms with Crippen molar-refractivity contribution in [3.63, 3.8) is 0 Å². The van der Waals surface area contributed by atoms with Crippen molar-refractivity contribution in [2.24, 2.45) is 0 Å². The zero-order valence-corrected chi connectivity index (χ0v) is 9.24. The number of anilines is 1. The second kappa shape index (κ2) is 5.34. The van der Waals surface area contributed by atoms with E-state index in [0.29, 0.717) is 12.3 Å². The number of allylic oxidation sites excluding steroid dienone is 1. The van der Waals surface area contributed by atoms with E-state index in [-0.39, 0.29) is 5.69 Å². The molecule has 1 N–H and O–H groups in total. The van der Waals surface area contributed by atoms with Crippen molar-refractivity contribution in [3.8, 4) is 0 Å². The number of ketones is 1. The van der Waals surface area contributed by atoms with Gasteiger partial charge in [0.2, 0.25) is 0 Å².